The van der Waals surface area contributed by atoms with E-state index in [0.29, 0.717) is 18.9 Å². The van der Waals surface area contributed by atoms with Gasteiger partial charge in [0.15, 0.2) is 5.75 Å². The molecule has 3 aromatic carbocycles. The second-order valence-corrected chi connectivity index (χ2v) is 8.15. The second-order valence-electron chi connectivity index (χ2n) is 6.45. The zero-order chi connectivity index (χ0) is 17.8. The van der Waals surface area contributed by atoms with Crippen LogP contribution in [0.3, 0.4) is 0 Å². The van der Waals surface area contributed by atoms with Crippen LogP contribution in [0.15, 0.2) is 68.3 Å². The molecule has 26 heavy (non-hydrogen) atoms. The number of aromatic nitrogens is 1. The number of hydrogen-bond acceptors (Lipinski definition) is 2. The monoisotopic (exact) mass is 469 g/mol. The van der Waals surface area contributed by atoms with E-state index in [-0.39, 0.29) is 5.56 Å². The number of fused-ring (bicyclic) bond motifs is 2. The molecular weight excluding hydrogens is 458 g/mol. The highest BCUT2D eigenvalue weighted by Gasteiger charge is 2.20. The Labute approximate surface area is 166 Å². The first-order valence-electron chi connectivity index (χ1n) is 8.27. The number of ether oxygens (including phenoxy) is 1. The highest BCUT2D eigenvalue weighted by molar-refractivity contribution is 9.11. The van der Waals surface area contributed by atoms with Crippen molar-refractivity contribution in [2.45, 2.75) is 13.2 Å². The standard InChI is InChI=1S/C21H13Br2NO2/c22-17-9-18(23)21-20-16(17)5-6-19(25)24(20)10-14-7-12-3-1-2-4-13(12)8-15(14)11-26-21/h1-9H,10-11H2. The fourth-order valence-corrected chi connectivity index (χ4v) is 5.00. The molecule has 128 valence electrons. The number of benzene rings is 3. The minimum atomic E-state index is -0.0339. The Morgan fingerprint density at radius 1 is 0.885 bits per heavy atom. The maximum atomic E-state index is 12.7. The molecule has 0 unspecified atom stereocenters. The summed E-state index contributed by atoms with van der Waals surface area (Å²) >= 11 is 7.19. The van der Waals surface area contributed by atoms with Gasteiger partial charge in [-0.15, -0.1) is 0 Å². The van der Waals surface area contributed by atoms with Crippen LogP contribution in [0.25, 0.3) is 21.7 Å². The fraction of sp³-hybridized carbons (Fsp3) is 0.0952. The van der Waals surface area contributed by atoms with E-state index in [2.05, 4.69) is 56.1 Å². The quantitative estimate of drug-likeness (QED) is 0.334. The van der Waals surface area contributed by atoms with Crippen molar-refractivity contribution in [3.63, 3.8) is 0 Å². The Morgan fingerprint density at radius 2 is 1.62 bits per heavy atom. The Bertz CT molecular complexity index is 1260. The number of rotatable bonds is 0. The zero-order valence-electron chi connectivity index (χ0n) is 13.6. The minimum absolute atomic E-state index is 0.0339. The van der Waals surface area contributed by atoms with Crippen LogP contribution in [-0.2, 0) is 13.2 Å². The van der Waals surface area contributed by atoms with E-state index in [4.69, 9.17) is 4.74 Å². The molecule has 1 aliphatic rings. The van der Waals surface area contributed by atoms with Crippen molar-refractivity contribution in [2.75, 3.05) is 0 Å². The molecule has 0 saturated carbocycles. The molecule has 0 saturated heterocycles. The predicted octanol–water partition coefficient (Wildman–Crippen LogP) is 5.62. The van der Waals surface area contributed by atoms with Gasteiger partial charge in [-0.25, -0.2) is 0 Å². The van der Waals surface area contributed by atoms with Gasteiger partial charge in [-0.1, -0.05) is 40.2 Å². The molecule has 0 aliphatic carbocycles. The number of pyridine rings is 1. The van der Waals surface area contributed by atoms with Crippen LogP contribution in [0.5, 0.6) is 5.75 Å². The third-order valence-electron chi connectivity index (χ3n) is 4.89. The first-order chi connectivity index (χ1) is 12.6. The predicted molar refractivity (Wildman–Crippen MR) is 111 cm³/mol. The van der Waals surface area contributed by atoms with Gasteiger partial charge in [0, 0.05) is 15.9 Å². The molecule has 0 amide bonds. The van der Waals surface area contributed by atoms with Gasteiger partial charge in [0.1, 0.15) is 6.61 Å². The normalized spacial score (nSPS) is 13.2. The third-order valence-corrected chi connectivity index (χ3v) is 6.14. The van der Waals surface area contributed by atoms with Gasteiger partial charge in [0.05, 0.1) is 16.5 Å². The SMILES string of the molecule is O=c1ccc2c(Br)cc(Br)c3c2n1Cc1cc2ccccc2cc1CO3. The van der Waals surface area contributed by atoms with Crippen LogP contribution in [-0.4, -0.2) is 4.57 Å². The summed E-state index contributed by atoms with van der Waals surface area (Å²) in [7, 11) is 0. The molecule has 0 bridgehead atoms. The summed E-state index contributed by atoms with van der Waals surface area (Å²) in [5, 5.41) is 3.31. The molecule has 0 N–H and O–H groups in total. The first-order valence-corrected chi connectivity index (χ1v) is 9.85. The first kappa shape index (κ1) is 16.1. The van der Waals surface area contributed by atoms with Crippen molar-refractivity contribution in [3.05, 3.63) is 85.0 Å². The number of hydrogen-bond donors (Lipinski definition) is 0. The van der Waals surface area contributed by atoms with Crippen LogP contribution >= 0.6 is 31.9 Å². The second kappa shape index (κ2) is 5.96. The lowest BCUT2D eigenvalue weighted by atomic mass is 10.0. The molecular formula is C21H13Br2NO2. The van der Waals surface area contributed by atoms with Gasteiger partial charge in [-0.2, -0.15) is 0 Å². The van der Waals surface area contributed by atoms with E-state index in [1.807, 2.05) is 24.3 Å². The Hall–Kier alpha value is -2.11. The molecule has 1 aromatic heterocycles. The molecule has 0 radical (unpaired) electrons. The van der Waals surface area contributed by atoms with Crippen LogP contribution in [0.4, 0.5) is 0 Å². The van der Waals surface area contributed by atoms with Crippen molar-refractivity contribution < 1.29 is 4.74 Å². The molecule has 5 rings (SSSR count). The van der Waals surface area contributed by atoms with E-state index >= 15 is 0 Å². The highest BCUT2D eigenvalue weighted by Crippen LogP contribution is 2.39. The van der Waals surface area contributed by atoms with Crippen LogP contribution in [0.2, 0.25) is 0 Å². The van der Waals surface area contributed by atoms with Gasteiger partial charge in [-0.05, 0) is 62.1 Å². The van der Waals surface area contributed by atoms with Gasteiger partial charge < -0.3 is 9.30 Å². The van der Waals surface area contributed by atoms with Crippen molar-refractivity contribution in [2.24, 2.45) is 0 Å². The van der Waals surface area contributed by atoms with Crippen molar-refractivity contribution in [1.82, 2.24) is 4.57 Å². The van der Waals surface area contributed by atoms with Gasteiger partial charge >= 0.3 is 0 Å². The molecule has 3 nitrogen and oxygen atoms in total. The number of halogens is 2. The number of nitrogens with zero attached hydrogens (tertiary/aromatic N) is 1. The summed E-state index contributed by atoms with van der Waals surface area (Å²) in [4.78, 5) is 12.7. The molecule has 2 heterocycles. The average molecular weight is 471 g/mol. The maximum Gasteiger partial charge on any atom is 0.251 e. The lowest BCUT2D eigenvalue weighted by Gasteiger charge is -2.22. The molecule has 4 aromatic rings. The summed E-state index contributed by atoms with van der Waals surface area (Å²) in [6.45, 7) is 0.994. The third kappa shape index (κ3) is 2.42. The van der Waals surface area contributed by atoms with E-state index in [0.717, 1.165) is 31.0 Å². The van der Waals surface area contributed by atoms with Crippen molar-refractivity contribution in [1.29, 1.82) is 0 Å². The molecule has 0 fully saturated rings. The Balaban J connectivity index is 1.85. The van der Waals surface area contributed by atoms with Crippen molar-refractivity contribution in [3.8, 4) is 5.75 Å². The van der Waals surface area contributed by atoms with E-state index in [9.17, 15) is 4.79 Å². The lowest BCUT2D eigenvalue weighted by Crippen LogP contribution is -2.23. The molecule has 1 aliphatic heterocycles. The van der Waals surface area contributed by atoms with Crippen LogP contribution in [0.1, 0.15) is 11.1 Å². The van der Waals surface area contributed by atoms with Crippen molar-refractivity contribution >= 4 is 53.5 Å². The summed E-state index contributed by atoms with van der Waals surface area (Å²) in [5.74, 6) is 0.708. The largest absolute Gasteiger partial charge is 0.485 e. The summed E-state index contributed by atoms with van der Waals surface area (Å²) in [6.07, 6.45) is 0. The molecule has 0 spiro atoms. The minimum Gasteiger partial charge on any atom is -0.485 e. The summed E-state index contributed by atoms with van der Waals surface area (Å²) in [6, 6.07) is 18.0. The Morgan fingerprint density at radius 3 is 2.38 bits per heavy atom. The smallest absolute Gasteiger partial charge is 0.251 e. The van der Waals surface area contributed by atoms with Crippen LogP contribution in [0, 0.1) is 0 Å². The maximum absolute atomic E-state index is 12.7. The van der Waals surface area contributed by atoms with E-state index in [1.54, 1.807) is 10.6 Å². The topological polar surface area (TPSA) is 31.2 Å². The van der Waals surface area contributed by atoms with E-state index < -0.39 is 0 Å². The van der Waals surface area contributed by atoms with Gasteiger partial charge in [0.2, 0.25) is 0 Å². The fourth-order valence-electron chi connectivity index (χ4n) is 3.62. The molecule has 5 heteroatoms. The zero-order valence-corrected chi connectivity index (χ0v) is 16.8. The van der Waals surface area contributed by atoms with Crippen LogP contribution < -0.4 is 10.3 Å². The van der Waals surface area contributed by atoms with Gasteiger partial charge in [-0.3, -0.25) is 4.79 Å². The highest BCUT2D eigenvalue weighted by atomic mass is 79.9. The van der Waals surface area contributed by atoms with Gasteiger partial charge in [0.25, 0.3) is 5.56 Å². The van der Waals surface area contributed by atoms with E-state index in [1.165, 1.54) is 10.8 Å². The molecule has 0 atom stereocenters. The summed E-state index contributed by atoms with van der Waals surface area (Å²) in [5.41, 5.74) is 3.00. The lowest BCUT2D eigenvalue weighted by molar-refractivity contribution is 0.302. The summed E-state index contributed by atoms with van der Waals surface area (Å²) < 4.78 is 9.75. The average Bonchev–Trinajstić information content (AvgIpc) is 2.61. The Kier molecular flexibility index (Phi) is 3.69.